The van der Waals surface area contributed by atoms with Gasteiger partial charge in [0.05, 0.1) is 12.2 Å². The first kappa shape index (κ1) is 20.5. The molecule has 132 valence electrons. The zero-order valence-corrected chi connectivity index (χ0v) is 18.0. The van der Waals surface area contributed by atoms with Crippen LogP contribution in [0, 0.1) is 11.8 Å². The van der Waals surface area contributed by atoms with Gasteiger partial charge in [0.15, 0.2) is 11.1 Å². The number of hydrogen-bond donors (Lipinski definition) is 1. The minimum Gasteiger partial charge on any atom is -0.354 e. The van der Waals surface area contributed by atoms with Crippen molar-refractivity contribution < 1.29 is 0 Å². The SMILES string of the molecule is CN=C(NCc1csc(N(C)C)n1)N1CCC(CC(C)C)C1.I. The van der Waals surface area contributed by atoms with Crippen LogP contribution in [0.5, 0.6) is 0 Å². The summed E-state index contributed by atoms with van der Waals surface area (Å²) in [5.41, 5.74) is 1.08. The first-order valence-corrected chi connectivity index (χ1v) is 8.95. The largest absolute Gasteiger partial charge is 0.354 e. The lowest BCUT2D eigenvalue weighted by atomic mass is 9.97. The molecule has 2 rings (SSSR count). The maximum atomic E-state index is 4.61. The predicted molar refractivity (Wildman–Crippen MR) is 111 cm³/mol. The van der Waals surface area contributed by atoms with E-state index in [4.69, 9.17) is 0 Å². The molecule has 23 heavy (non-hydrogen) atoms. The summed E-state index contributed by atoms with van der Waals surface area (Å²) < 4.78 is 0. The van der Waals surface area contributed by atoms with Crippen LogP contribution in [-0.4, -0.2) is 50.1 Å². The van der Waals surface area contributed by atoms with Gasteiger partial charge in [0, 0.05) is 39.6 Å². The molecule has 1 aliphatic rings. The number of thiazole rings is 1. The molecule has 0 amide bonds. The summed E-state index contributed by atoms with van der Waals surface area (Å²) in [5, 5.41) is 6.61. The minimum atomic E-state index is 0. The summed E-state index contributed by atoms with van der Waals surface area (Å²) in [6.45, 7) is 7.58. The summed E-state index contributed by atoms with van der Waals surface area (Å²) in [6.07, 6.45) is 2.59. The Kier molecular flexibility index (Phi) is 8.60. The minimum absolute atomic E-state index is 0. The molecule has 1 atom stereocenters. The molecular formula is C16H30IN5S. The second-order valence-electron chi connectivity index (χ2n) is 6.65. The van der Waals surface area contributed by atoms with Gasteiger partial charge in [0.1, 0.15) is 0 Å². The normalized spacial score (nSPS) is 18.3. The molecule has 0 saturated carbocycles. The van der Waals surface area contributed by atoms with E-state index in [9.17, 15) is 0 Å². The maximum Gasteiger partial charge on any atom is 0.193 e. The van der Waals surface area contributed by atoms with Gasteiger partial charge in [0.25, 0.3) is 0 Å². The van der Waals surface area contributed by atoms with Crippen LogP contribution in [0.15, 0.2) is 10.4 Å². The van der Waals surface area contributed by atoms with Crippen molar-refractivity contribution in [3.05, 3.63) is 11.1 Å². The molecule has 0 aliphatic carbocycles. The van der Waals surface area contributed by atoms with Crippen molar-refractivity contribution in [3.63, 3.8) is 0 Å². The summed E-state index contributed by atoms with van der Waals surface area (Å²) in [5.74, 6) is 2.59. The smallest absolute Gasteiger partial charge is 0.193 e. The van der Waals surface area contributed by atoms with E-state index >= 15 is 0 Å². The highest BCUT2D eigenvalue weighted by Crippen LogP contribution is 2.23. The summed E-state index contributed by atoms with van der Waals surface area (Å²) in [4.78, 5) is 13.5. The fourth-order valence-electron chi connectivity index (χ4n) is 2.97. The van der Waals surface area contributed by atoms with E-state index in [0.29, 0.717) is 0 Å². The lowest BCUT2D eigenvalue weighted by Crippen LogP contribution is -2.39. The van der Waals surface area contributed by atoms with Gasteiger partial charge in [-0.1, -0.05) is 13.8 Å². The molecule has 5 nitrogen and oxygen atoms in total. The van der Waals surface area contributed by atoms with Gasteiger partial charge in [0.2, 0.25) is 0 Å². The lowest BCUT2D eigenvalue weighted by Gasteiger charge is -2.21. The van der Waals surface area contributed by atoms with Crippen molar-refractivity contribution in [2.45, 2.75) is 33.2 Å². The molecule has 1 unspecified atom stereocenters. The Labute approximate surface area is 161 Å². The van der Waals surface area contributed by atoms with Gasteiger partial charge >= 0.3 is 0 Å². The Bertz CT molecular complexity index is 500. The van der Waals surface area contributed by atoms with Crippen LogP contribution in [0.4, 0.5) is 5.13 Å². The highest BCUT2D eigenvalue weighted by Gasteiger charge is 2.25. The molecular weight excluding hydrogens is 421 g/mol. The van der Waals surface area contributed by atoms with E-state index in [1.807, 2.05) is 26.0 Å². The van der Waals surface area contributed by atoms with Crippen LogP contribution in [0.25, 0.3) is 0 Å². The summed E-state index contributed by atoms with van der Waals surface area (Å²) >= 11 is 1.68. The molecule has 1 N–H and O–H groups in total. The molecule has 0 spiro atoms. The van der Waals surface area contributed by atoms with Gasteiger partial charge in [-0.3, -0.25) is 4.99 Å². The van der Waals surface area contributed by atoms with E-state index in [1.54, 1.807) is 11.3 Å². The van der Waals surface area contributed by atoms with E-state index in [-0.39, 0.29) is 24.0 Å². The maximum absolute atomic E-state index is 4.61. The zero-order chi connectivity index (χ0) is 16.1. The number of aliphatic imine (C=N–C) groups is 1. The number of aromatic nitrogens is 1. The third kappa shape index (κ3) is 6.10. The summed E-state index contributed by atoms with van der Waals surface area (Å²) in [6, 6.07) is 0. The average molecular weight is 451 g/mol. The molecule has 0 aromatic carbocycles. The van der Waals surface area contributed by atoms with Crippen LogP contribution in [0.3, 0.4) is 0 Å². The topological polar surface area (TPSA) is 43.8 Å². The number of anilines is 1. The van der Waals surface area contributed by atoms with Crippen LogP contribution in [0.2, 0.25) is 0 Å². The fourth-order valence-corrected chi connectivity index (χ4v) is 3.73. The number of likely N-dealkylation sites (tertiary alicyclic amines) is 1. The van der Waals surface area contributed by atoms with Crippen molar-refractivity contribution in [1.82, 2.24) is 15.2 Å². The number of guanidine groups is 1. The highest BCUT2D eigenvalue weighted by atomic mass is 127. The second-order valence-corrected chi connectivity index (χ2v) is 7.48. The van der Waals surface area contributed by atoms with Gasteiger partial charge in [-0.25, -0.2) is 4.98 Å². The molecule has 7 heteroatoms. The Hall–Kier alpha value is -0.570. The Balaban J connectivity index is 0.00000264. The summed E-state index contributed by atoms with van der Waals surface area (Å²) in [7, 11) is 5.91. The first-order chi connectivity index (χ1) is 10.5. The number of nitrogens with zero attached hydrogens (tertiary/aromatic N) is 4. The number of halogens is 1. The van der Waals surface area contributed by atoms with Crippen molar-refractivity contribution in [2.75, 3.05) is 39.1 Å². The van der Waals surface area contributed by atoms with E-state index in [2.05, 4.69) is 39.4 Å². The molecule has 1 saturated heterocycles. The molecule has 2 heterocycles. The van der Waals surface area contributed by atoms with E-state index < -0.39 is 0 Å². The molecule has 1 aromatic rings. The average Bonchev–Trinajstić information content (AvgIpc) is 3.08. The number of rotatable bonds is 5. The second kappa shape index (κ2) is 9.66. The van der Waals surface area contributed by atoms with Crippen LogP contribution >= 0.6 is 35.3 Å². The number of nitrogens with one attached hydrogen (secondary N) is 1. The van der Waals surface area contributed by atoms with Gasteiger partial charge < -0.3 is 15.1 Å². The fraction of sp³-hybridized carbons (Fsp3) is 0.750. The van der Waals surface area contributed by atoms with Gasteiger partial charge in [-0.15, -0.1) is 35.3 Å². The Morgan fingerprint density at radius 2 is 2.26 bits per heavy atom. The zero-order valence-electron chi connectivity index (χ0n) is 14.9. The standard InChI is InChI=1S/C16H29N5S.HI/c1-12(2)8-13-6-7-21(10-13)15(17-3)18-9-14-11-22-16(19-14)20(4)5;/h11-13H,6-10H2,1-5H3,(H,17,18);1H. The number of hydrogen-bond acceptors (Lipinski definition) is 4. The first-order valence-electron chi connectivity index (χ1n) is 8.07. The van der Waals surface area contributed by atoms with Crippen LogP contribution in [0.1, 0.15) is 32.4 Å². The third-order valence-electron chi connectivity index (χ3n) is 3.95. The van der Waals surface area contributed by atoms with Crippen molar-refractivity contribution in [2.24, 2.45) is 16.8 Å². The Morgan fingerprint density at radius 1 is 1.52 bits per heavy atom. The van der Waals surface area contributed by atoms with Crippen molar-refractivity contribution in [3.8, 4) is 0 Å². The lowest BCUT2D eigenvalue weighted by molar-refractivity contribution is 0.403. The van der Waals surface area contributed by atoms with E-state index in [0.717, 1.165) is 48.3 Å². The van der Waals surface area contributed by atoms with Crippen LogP contribution < -0.4 is 10.2 Å². The molecule has 0 bridgehead atoms. The third-order valence-corrected chi connectivity index (χ3v) is 5.01. The van der Waals surface area contributed by atoms with Gasteiger partial charge in [-0.05, 0) is 24.7 Å². The predicted octanol–water partition coefficient (Wildman–Crippen LogP) is 3.27. The van der Waals surface area contributed by atoms with E-state index in [1.165, 1.54) is 12.8 Å². The van der Waals surface area contributed by atoms with Gasteiger partial charge in [-0.2, -0.15) is 0 Å². The Morgan fingerprint density at radius 3 is 2.83 bits per heavy atom. The monoisotopic (exact) mass is 451 g/mol. The molecule has 0 radical (unpaired) electrons. The molecule has 1 aliphatic heterocycles. The highest BCUT2D eigenvalue weighted by molar-refractivity contribution is 14.0. The van der Waals surface area contributed by atoms with Crippen molar-refractivity contribution in [1.29, 1.82) is 0 Å². The van der Waals surface area contributed by atoms with Crippen molar-refractivity contribution >= 4 is 46.4 Å². The quantitative estimate of drug-likeness (QED) is 0.424. The molecule has 1 aromatic heterocycles. The molecule has 1 fully saturated rings. The van der Waals surface area contributed by atoms with Crippen LogP contribution in [-0.2, 0) is 6.54 Å².